The molecule has 0 amide bonds. The Morgan fingerprint density at radius 3 is 3.00 bits per heavy atom. The van der Waals surface area contributed by atoms with E-state index in [1.165, 1.54) is 12.1 Å². The molecule has 1 aromatic carbocycles. The van der Waals surface area contributed by atoms with E-state index < -0.39 is 11.6 Å². The number of hydrogen-bond acceptors (Lipinski definition) is 3. The minimum absolute atomic E-state index is 0.0389. The summed E-state index contributed by atoms with van der Waals surface area (Å²) in [5.41, 5.74) is 1.14. The molecular formula is C15H16F2N2OS. The molecule has 0 aliphatic carbocycles. The first-order valence-corrected chi connectivity index (χ1v) is 8.36. The topological polar surface area (TPSA) is 27.1 Å². The van der Waals surface area contributed by atoms with Crippen LogP contribution in [0.1, 0.15) is 25.3 Å². The zero-order valence-corrected chi connectivity index (χ0v) is 12.3. The predicted octanol–water partition coefficient (Wildman–Crippen LogP) is 3.54. The van der Waals surface area contributed by atoms with Crippen LogP contribution in [0, 0.1) is 11.6 Å². The Morgan fingerprint density at radius 1 is 1.33 bits per heavy atom. The van der Waals surface area contributed by atoms with Crippen LogP contribution in [-0.2, 0) is 4.74 Å². The Kier molecular flexibility index (Phi) is 3.19. The first kappa shape index (κ1) is 13.5. The summed E-state index contributed by atoms with van der Waals surface area (Å²) < 4.78 is 34.8. The zero-order chi connectivity index (χ0) is 14.4. The minimum atomic E-state index is -0.844. The molecule has 2 atom stereocenters. The molecule has 1 aromatic heterocycles. The largest absolute Gasteiger partial charge is 0.374 e. The van der Waals surface area contributed by atoms with Crippen LogP contribution in [-0.4, -0.2) is 33.3 Å². The number of imidazole rings is 1. The van der Waals surface area contributed by atoms with Gasteiger partial charge in [0.1, 0.15) is 0 Å². The van der Waals surface area contributed by atoms with Gasteiger partial charge in [-0.3, -0.25) is 0 Å². The van der Waals surface area contributed by atoms with Crippen molar-refractivity contribution in [2.75, 3.05) is 18.1 Å². The van der Waals surface area contributed by atoms with Gasteiger partial charge in [0.05, 0.1) is 23.0 Å². The first-order valence-electron chi connectivity index (χ1n) is 7.20. The summed E-state index contributed by atoms with van der Waals surface area (Å²) in [6, 6.07) is 2.66. The lowest BCUT2D eigenvalue weighted by atomic mass is 9.89. The summed E-state index contributed by atoms with van der Waals surface area (Å²) in [5.74, 6) is 0.502. The van der Waals surface area contributed by atoms with Gasteiger partial charge in [-0.25, -0.2) is 13.8 Å². The molecule has 2 fully saturated rings. The summed E-state index contributed by atoms with van der Waals surface area (Å²) >= 11 is 1.93. The number of rotatable bonds is 1. The molecule has 0 radical (unpaired) electrons. The van der Waals surface area contributed by atoms with Crippen molar-refractivity contribution in [2.24, 2.45) is 0 Å². The predicted molar refractivity (Wildman–Crippen MR) is 78.5 cm³/mol. The standard InChI is InChI=1S/C15H16F2N2OS/c16-11-5-13-14(6-12(11)17)19(9-18-13)10-1-3-20-15(7-10)2-4-21-8-15/h5-6,9-10H,1-4,7-8H2. The number of hydrogen-bond donors (Lipinski definition) is 0. The fourth-order valence-electron chi connectivity index (χ4n) is 3.42. The maximum absolute atomic E-state index is 13.5. The molecule has 1 spiro atoms. The van der Waals surface area contributed by atoms with E-state index in [0.29, 0.717) is 17.6 Å². The quantitative estimate of drug-likeness (QED) is 0.806. The van der Waals surface area contributed by atoms with Crippen LogP contribution in [0.4, 0.5) is 8.78 Å². The van der Waals surface area contributed by atoms with E-state index in [1.54, 1.807) is 6.33 Å². The van der Waals surface area contributed by atoms with Crippen LogP contribution in [0.5, 0.6) is 0 Å². The number of thioether (sulfide) groups is 1. The minimum Gasteiger partial charge on any atom is -0.374 e. The van der Waals surface area contributed by atoms with Gasteiger partial charge in [-0.05, 0) is 25.0 Å². The fourth-order valence-corrected chi connectivity index (χ4v) is 4.79. The highest BCUT2D eigenvalue weighted by molar-refractivity contribution is 7.99. The molecule has 3 nitrogen and oxygen atoms in total. The van der Waals surface area contributed by atoms with Crippen LogP contribution in [0.25, 0.3) is 11.0 Å². The number of ether oxygens (including phenoxy) is 1. The van der Waals surface area contributed by atoms with Crippen molar-refractivity contribution in [3.05, 3.63) is 30.1 Å². The van der Waals surface area contributed by atoms with Gasteiger partial charge in [-0.15, -0.1) is 0 Å². The van der Waals surface area contributed by atoms with E-state index in [2.05, 4.69) is 4.98 Å². The van der Waals surface area contributed by atoms with E-state index in [4.69, 9.17) is 4.74 Å². The lowest BCUT2D eigenvalue weighted by Gasteiger charge is -2.38. The number of nitrogens with zero attached hydrogens (tertiary/aromatic N) is 2. The smallest absolute Gasteiger partial charge is 0.161 e. The molecule has 112 valence electrons. The van der Waals surface area contributed by atoms with Crippen LogP contribution in [0.3, 0.4) is 0 Å². The number of benzene rings is 1. The highest BCUT2D eigenvalue weighted by Gasteiger charge is 2.41. The summed E-state index contributed by atoms with van der Waals surface area (Å²) in [5, 5.41) is 0. The molecule has 2 aliphatic rings. The van der Waals surface area contributed by atoms with Gasteiger partial charge in [0.25, 0.3) is 0 Å². The summed E-state index contributed by atoms with van der Waals surface area (Å²) in [6.07, 6.45) is 4.58. The second-order valence-electron chi connectivity index (χ2n) is 5.89. The normalized spacial score (nSPS) is 29.5. The molecule has 3 heterocycles. The van der Waals surface area contributed by atoms with E-state index in [0.717, 1.165) is 30.8 Å². The second-order valence-corrected chi connectivity index (χ2v) is 6.99. The lowest BCUT2D eigenvalue weighted by Crippen LogP contribution is -2.40. The number of fused-ring (bicyclic) bond motifs is 1. The Morgan fingerprint density at radius 2 is 2.19 bits per heavy atom. The van der Waals surface area contributed by atoms with Crippen LogP contribution in [0.2, 0.25) is 0 Å². The van der Waals surface area contributed by atoms with Crippen molar-refractivity contribution in [3.8, 4) is 0 Å². The Bertz CT molecular complexity index is 682. The Balaban J connectivity index is 1.71. The summed E-state index contributed by atoms with van der Waals surface area (Å²) in [4.78, 5) is 4.22. The fraction of sp³-hybridized carbons (Fsp3) is 0.533. The van der Waals surface area contributed by atoms with Crippen molar-refractivity contribution in [2.45, 2.75) is 30.9 Å². The average molecular weight is 310 g/mol. The van der Waals surface area contributed by atoms with Gasteiger partial charge in [0.15, 0.2) is 11.6 Å². The molecule has 0 N–H and O–H groups in total. The highest BCUT2D eigenvalue weighted by atomic mass is 32.2. The van der Waals surface area contributed by atoms with E-state index >= 15 is 0 Å². The van der Waals surface area contributed by atoms with Crippen molar-refractivity contribution >= 4 is 22.8 Å². The van der Waals surface area contributed by atoms with Gasteiger partial charge in [0.2, 0.25) is 0 Å². The third-order valence-electron chi connectivity index (χ3n) is 4.54. The maximum atomic E-state index is 13.5. The van der Waals surface area contributed by atoms with Crippen LogP contribution < -0.4 is 0 Å². The van der Waals surface area contributed by atoms with Crippen LogP contribution >= 0.6 is 11.8 Å². The van der Waals surface area contributed by atoms with E-state index in [9.17, 15) is 8.78 Å². The van der Waals surface area contributed by atoms with Crippen molar-refractivity contribution < 1.29 is 13.5 Å². The molecule has 0 bridgehead atoms. The van der Waals surface area contributed by atoms with Gasteiger partial charge < -0.3 is 9.30 Å². The Hall–Kier alpha value is -1.14. The molecule has 0 saturated carbocycles. The lowest BCUT2D eigenvalue weighted by molar-refractivity contribution is -0.0756. The van der Waals surface area contributed by atoms with Gasteiger partial charge in [-0.1, -0.05) is 0 Å². The molecule has 6 heteroatoms. The van der Waals surface area contributed by atoms with Gasteiger partial charge in [0, 0.05) is 30.5 Å². The summed E-state index contributed by atoms with van der Waals surface area (Å²) in [7, 11) is 0. The van der Waals surface area contributed by atoms with Gasteiger partial charge in [-0.2, -0.15) is 11.8 Å². The van der Waals surface area contributed by atoms with Gasteiger partial charge >= 0.3 is 0 Å². The zero-order valence-electron chi connectivity index (χ0n) is 11.5. The molecule has 2 aromatic rings. The second kappa shape index (κ2) is 4.95. The first-order chi connectivity index (χ1) is 10.2. The van der Waals surface area contributed by atoms with E-state index in [-0.39, 0.29) is 11.6 Å². The molecule has 2 unspecified atom stereocenters. The molecular weight excluding hydrogens is 294 g/mol. The maximum Gasteiger partial charge on any atom is 0.161 e. The third kappa shape index (κ3) is 2.25. The van der Waals surface area contributed by atoms with Crippen LogP contribution in [0.15, 0.2) is 18.5 Å². The van der Waals surface area contributed by atoms with Crippen molar-refractivity contribution in [1.82, 2.24) is 9.55 Å². The molecule has 4 rings (SSSR count). The monoisotopic (exact) mass is 310 g/mol. The van der Waals surface area contributed by atoms with Crippen molar-refractivity contribution in [1.29, 1.82) is 0 Å². The SMILES string of the molecule is Fc1cc2ncn(C3CCOC4(CCSC4)C3)c2cc1F. The summed E-state index contributed by atoms with van der Waals surface area (Å²) in [6.45, 7) is 0.717. The molecule has 2 saturated heterocycles. The average Bonchev–Trinajstić information content (AvgIpc) is 3.07. The Labute approximate surface area is 125 Å². The van der Waals surface area contributed by atoms with E-state index in [1.807, 2.05) is 16.3 Å². The van der Waals surface area contributed by atoms with Crippen molar-refractivity contribution in [3.63, 3.8) is 0 Å². The molecule has 21 heavy (non-hydrogen) atoms. The number of halogens is 2. The number of aromatic nitrogens is 2. The molecule has 2 aliphatic heterocycles. The highest BCUT2D eigenvalue weighted by Crippen LogP contribution is 2.42. The third-order valence-corrected chi connectivity index (χ3v) is 5.77.